The van der Waals surface area contributed by atoms with Crippen LogP contribution in [0.3, 0.4) is 0 Å². The molecule has 0 aliphatic heterocycles. The van der Waals surface area contributed by atoms with Gasteiger partial charge in [-0.2, -0.15) is 13.2 Å². The fraction of sp³-hybridized carbons (Fsp3) is 0.250. The number of fused-ring (bicyclic) bond motifs is 1. The second-order valence-corrected chi connectivity index (χ2v) is 5.01. The molecular formula is C16H14F3N3. The molecule has 0 bridgehead atoms. The normalized spacial score (nSPS) is 12.0. The minimum absolute atomic E-state index is 0.430. The molecule has 0 aliphatic rings. The lowest BCUT2D eigenvalue weighted by atomic mass is 10.2. The van der Waals surface area contributed by atoms with E-state index < -0.39 is 11.7 Å². The molecule has 0 aliphatic carbocycles. The number of nitrogens with zero attached hydrogens (tertiary/aromatic N) is 3. The van der Waals surface area contributed by atoms with Crippen molar-refractivity contribution in [1.29, 1.82) is 0 Å². The molecule has 114 valence electrons. The van der Waals surface area contributed by atoms with E-state index in [1.807, 2.05) is 13.0 Å². The predicted molar refractivity (Wildman–Crippen MR) is 77.9 cm³/mol. The Morgan fingerprint density at radius 2 is 1.95 bits per heavy atom. The monoisotopic (exact) mass is 305 g/mol. The molecular weight excluding hydrogens is 291 g/mol. The Morgan fingerprint density at radius 3 is 2.68 bits per heavy atom. The van der Waals surface area contributed by atoms with Crippen LogP contribution in [0.2, 0.25) is 0 Å². The molecule has 0 N–H and O–H groups in total. The molecule has 2 heterocycles. The molecule has 0 atom stereocenters. The Hall–Kier alpha value is -2.37. The summed E-state index contributed by atoms with van der Waals surface area (Å²) in [4.78, 5) is 8.76. The van der Waals surface area contributed by atoms with Crippen molar-refractivity contribution in [2.24, 2.45) is 0 Å². The maximum atomic E-state index is 12.9. The predicted octanol–water partition coefficient (Wildman–Crippen LogP) is 4.39. The highest BCUT2D eigenvalue weighted by Gasteiger charge is 2.30. The summed E-state index contributed by atoms with van der Waals surface area (Å²) in [6.45, 7) is 2.00. The summed E-state index contributed by atoms with van der Waals surface area (Å²) in [5.41, 5.74) is 1.01. The lowest BCUT2D eigenvalue weighted by molar-refractivity contribution is -0.137. The second kappa shape index (κ2) is 5.44. The number of pyridine rings is 1. The second-order valence-electron chi connectivity index (χ2n) is 5.01. The number of aromatic nitrogens is 3. The summed E-state index contributed by atoms with van der Waals surface area (Å²) in [6, 6.07) is 8.82. The lowest BCUT2D eigenvalue weighted by Crippen LogP contribution is -2.07. The number of halogens is 3. The largest absolute Gasteiger partial charge is 0.416 e. The number of benzene rings is 1. The van der Waals surface area contributed by atoms with E-state index >= 15 is 0 Å². The van der Waals surface area contributed by atoms with Crippen LogP contribution in [0, 0.1) is 0 Å². The van der Waals surface area contributed by atoms with E-state index in [4.69, 9.17) is 0 Å². The van der Waals surface area contributed by atoms with Gasteiger partial charge >= 0.3 is 6.18 Å². The van der Waals surface area contributed by atoms with Gasteiger partial charge in [0.2, 0.25) is 0 Å². The first-order valence-electron chi connectivity index (χ1n) is 7.00. The topological polar surface area (TPSA) is 30.7 Å². The van der Waals surface area contributed by atoms with Crippen molar-refractivity contribution >= 4 is 11.2 Å². The zero-order chi connectivity index (χ0) is 15.7. The molecule has 0 radical (unpaired) electrons. The number of aryl methyl sites for hydroxylation is 1. The van der Waals surface area contributed by atoms with E-state index in [9.17, 15) is 13.2 Å². The van der Waals surface area contributed by atoms with E-state index in [0.29, 0.717) is 23.3 Å². The zero-order valence-electron chi connectivity index (χ0n) is 11.9. The van der Waals surface area contributed by atoms with Gasteiger partial charge in [-0.15, -0.1) is 0 Å². The van der Waals surface area contributed by atoms with Crippen molar-refractivity contribution in [3.63, 3.8) is 0 Å². The van der Waals surface area contributed by atoms with Crippen LogP contribution >= 0.6 is 0 Å². The van der Waals surface area contributed by atoms with Gasteiger partial charge in [-0.05, 0) is 36.8 Å². The maximum Gasteiger partial charge on any atom is 0.416 e. The quantitative estimate of drug-likeness (QED) is 0.718. The third kappa shape index (κ3) is 2.56. The molecule has 6 heteroatoms. The van der Waals surface area contributed by atoms with Gasteiger partial charge < -0.3 is 0 Å². The van der Waals surface area contributed by atoms with E-state index in [1.165, 1.54) is 6.07 Å². The van der Waals surface area contributed by atoms with E-state index in [1.54, 1.807) is 22.9 Å². The number of rotatable bonds is 3. The van der Waals surface area contributed by atoms with Crippen molar-refractivity contribution < 1.29 is 13.2 Å². The number of hydrogen-bond donors (Lipinski definition) is 0. The van der Waals surface area contributed by atoms with Crippen molar-refractivity contribution in [2.45, 2.75) is 25.9 Å². The van der Waals surface area contributed by atoms with Gasteiger partial charge in [0.15, 0.2) is 5.65 Å². The number of alkyl halides is 3. The fourth-order valence-corrected chi connectivity index (χ4v) is 2.44. The SMILES string of the molecule is CCCc1nc2cccnc2n1-c1cccc(C(F)(F)F)c1. The Labute approximate surface area is 125 Å². The summed E-state index contributed by atoms with van der Waals surface area (Å²) in [7, 11) is 0. The molecule has 3 rings (SSSR count). The molecule has 0 fully saturated rings. The van der Waals surface area contributed by atoms with Crippen LogP contribution in [0.4, 0.5) is 13.2 Å². The van der Waals surface area contributed by atoms with Crippen LogP contribution in [0.25, 0.3) is 16.9 Å². The lowest BCUT2D eigenvalue weighted by Gasteiger charge is -2.11. The van der Waals surface area contributed by atoms with Crippen LogP contribution < -0.4 is 0 Å². The Morgan fingerprint density at radius 1 is 1.14 bits per heavy atom. The Balaban J connectivity index is 2.23. The van der Waals surface area contributed by atoms with Crippen LogP contribution in [-0.4, -0.2) is 14.5 Å². The smallest absolute Gasteiger partial charge is 0.281 e. The molecule has 0 amide bonds. The van der Waals surface area contributed by atoms with Gasteiger partial charge in [-0.3, -0.25) is 4.57 Å². The Bertz CT molecular complexity index is 806. The zero-order valence-corrected chi connectivity index (χ0v) is 11.9. The van der Waals surface area contributed by atoms with Crippen LogP contribution in [0.15, 0.2) is 42.6 Å². The van der Waals surface area contributed by atoms with Crippen LogP contribution in [0.5, 0.6) is 0 Å². The first-order valence-corrected chi connectivity index (χ1v) is 7.00. The molecule has 1 aromatic carbocycles. The third-order valence-electron chi connectivity index (χ3n) is 3.39. The molecule has 0 saturated heterocycles. The molecule has 3 aromatic rings. The van der Waals surface area contributed by atoms with Crippen molar-refractivity contribution in [3.05, 3.63) is 54.0 Å². The molecule has 0 spiro atoms. The average molecular weight is 305 g/mol. The van der Waals surface area contributed by atoms with E-state index in [2.05, 4.69) is 9.97 Å². The van der Waals surface area contributed by atoms with E-state index in [-0.39, 0.29) is 0 Å². The molecule has 0 unspecified atom stereocenters. The standard InChI is InChI=1S/C16H14F3N3/c1-2-5-14-21-13-8-4-9-20-15(13)22(14)12-7-3-6-11(10-12)16(17,18)19/h3-4,6-10H,2,5H2,1H3. The van der Waals surface area contributed by atoms with Gasteiger partial charge in [0.25, 0.3) is 0 Å². The maximum absolute atomic E-state index is 12.9. The minimum Gasteiger partial charge on any atom is -0.281 e. The van der Waals surface area contributed by atoms with Crippen molar-refractivity contribution in [3.8, 4) is 5.69 Å². The highest BCUT2D eigenvalue weighted by molar-refractivity contribution is 5.73. The number of hydrogen-bond acceptors (Lipinski definition) is 2. The average Bonchev–Trinajstić information content (AvgIpc) is 2.85. The summed E-state index contributed by atoms with van der Waals surface area (Å²) in [6.07, 6.45) is -1.23. The first-order chi connectivity index (χ1) is 10.5. The van der Waals surface area contributed by atoms with E-state index in [0.717, 1.165) is 24.4 Å². The summed E-state index contributed by atoms with van der Waals surface area (Å²) >= 11 is 0. The Kier molecular flexibility index (Phi) is 3.60. The third-order valence-corrected chi connectivity index (χ3v) is 3.39. The minimum atomic E-state index is -4.37. The molecule has 2 aromatic heterocycles. The van der Waals surface area contributed by atoms with Gasteiger partial charge in [0, 0.05) is 18.3 Å². The highest BCUT2D eigenvalue weighted by atomic mass is 19.4. The fourth-order valence-electron chi connectivity index (χ4n) is 2.44. The summed E-state index contributed by atoms with van der Waals surface area (Å²) < 4.78 is 40.5. The number of imidazole rings is 1. The van der Waals surface area contributed by atoms with Gasteiger partial charge in [0.1, 0.15) is 11.3 Å². The summed E-state index contributed by atoms with van der Waals surface area (Å²) in [5.74, 6) is 0.718. The molecule has 22 heavy (non-hydrogen) atoms. The van der Waals surface area contributed by atoms with Crippen molar-refractivity contribution in [2.75, 3.05) is 0 Å². The molecule has 3 nitrogen and oxygen atoms in total. The van der Waals surface area contributed by atoms with Gasteiger partial charge in [-0.25, -0.2) is 9.97 Å². The highest BCUT2D eigenvalue weighted by Crippen LogP contribution is 2.31. The first kappa shape index (κ1) is 14.6. The molecule has 0 saturated carbocycles. The summed E-state index contributed by atoms with van der Waals surface area (Å²) in [5, 5.41) is 0. The van der Waals surface area contributed by atoms with Crippen molar-refractivity contribution in [1.82, 2.24) is 14.5 Å². The van der Waals surface area contributed by atoms with Crippen LogP contribution in [-0.2, 0) is 12.6 Å². The van der Waals surface area contributed by atoms with Crippen LogP contribution in [0.1, 0.15) is 24.7 Å². The van der Waals surface area contributed by atoms with Gasteiger partial charge in [0.05, 0.1) is 5.56 Å². The van der Waals surface area contributed by atoms with Gasteiger partial charge in [-0.1, -0.05) is 13.0 Å².